The van der Waals surface area contributed by atoms with E-state index in [1.165, 1.54) is 18.4 Å². The van der Waals surface area contributed by atoms with Gasteiger partial charge < -0.3 is 19.6 Å². The molecule has 0 saturated carbocycles. The fourth-order valence-electron chi connectivity index (χ4n) is 3.21. The third-order valence-corrected chi connectivity index (χ3v) is 4.49. The summed E-state index contributed by atoms with van der Waals surface area (Å²) in [4.78, 5) is 6.81. The van der Waals surface area contributed by atoms with Crippen LogP contribution in [0.2, 0.25) is 0 Å². The van der Waals surface area contributed by atoms with E-state index in [9.17, 15) is 0 Å². The number of furan rings is 1. The van der Waals surface area contributed by atoms with Crippen LogP contribution in [0.3, 0.4) is 0 Å². The fraction of sp³-hybridized carbons (Fsp3) is 0.500. The SMILES string of the molecule is CN=C(NCc1ccn(C)c1)NCC(c1ccco1)N1CCCC1. The molecule has 0 aliphatic carbocycles. The number of likely N-dealkylation sites (tertiary alicyclic amines) is 1. The summed E-state index contributed by atoms with van der Waals surface area (Å²) in [7, 11) is 3.83. The minimum atomic E-state index is 0.248. The van der Waals surface area contributed by atoms with Crippen LogP contribution in [0.5, 0.6) is 0 Å². The standard InChI is InChI=1S/C18H27N5O/c1-19-18(20-12-15-7-10-22(2)14-15)21-13-16(17-6-5-11-24-17)23-8-3-4-9-23/h5-7,10-11,14,16H,3-4,8-9,12-13H2,1-2H3,(H2,19,20,21). The van der Waals surface area contributed by atoms with Crippen molar-refractivity contribution in [3.8, 4) is 0 Å². The molecule has 1 fully saturated rings. The molecule has 2 N–H and O–H groups in total. The van der Waals surface area contributed by atoms with Gasteiger partial charge in [-0.15, -0.1) is 0 Å². The van der Waals surface area contributed by atoms with Gasteiger partial charge in [0.15, 0.2) is 5.96 Å². The Hall–Kier alpha value is -2.21. The highest BCUT2D eigenvalue weighted by molar-refractivity contribution is 5.79. The Bertz CT molecular complexity index is 640. The molecule has 3 heterocycles. The van der Waals surface area contributed by atoms with Crippen molar-refractivity contribution in [2.75, 3.05) is 26.7 Å². The molecule has 1 aliphatic heterocycles. The molecule has 1 saturated heterocycles. The number of aliphatic imine (C=N–C) groups is 1. The first-order valence-electron chi connectivity index (χ1n) is 8.59. The molecule has 130 valence electrons. The molecule has 0 amide bonds. The summed E-state index contributed by atoms with van der Waals surface area (Å²) in [6, 6.07) is 6.37. The third kappa shape index (κ3) is 4.20. The van der Waals surface area contributed by atoms with Crippen molar-refractivity contribution in [2.45, 2.75) is 25.4 Å². The molecule has 0 bridgehead atoms. The second-order valence-corrected chi connectivity index (χ2v) is 6.27. The average Bonchev–Trinajstić information content (AvgIpc) is 3.33. The number of nitrogens with one attached hydrogen (secondary N) is 2. The predicted molar refractivity (Wildman–Crippen MR) is 95.9 cm³/mol. The quantitative estimate of drug-likeness (QED) is 0.630. The minimum Gasteiger partial charge on any atom is -0.468 e. The Morgan fingerprint density at radius 1 is 1.29 bits per heavy atom. The van der Waals surface area contributed by atoms with Gasteiger partial charge >= 0.3 is 0 Å². The molecule has 6 heteroatoms. The maximum atomic E-state index is 5.66. The van der Waals surface area contributed by atoms with E-state index in [0.717, 1.165) is 37.9 Å². The molecule has 0 radical (unpaired) electrons. The van der Waals surface area contributed by atoms with Crippen LogP contribution in [0, 0.1) is 0 Å². The Morgan fingerprint density at radius 2 is 2.12 bits per heavy atom. The van der Waals surface area contributed by atoms with E-state index < -0.39 is 0 Å². The monoisotopic (exact) mass is 329 g/mol. The number of aromatic nitrogens is 1. The van der Waals surface area contributed by atoms with Crippen LogP contribution in [0.25, 0.3) is 0 Å². The summed E-state index contributed by atoms with van der Waals surface area (Å²) >= 11 is 0. The van der Waals surface area contributed by atoms with Crippen molar-refractivity contribution in [3.05, 3.63) is 48.2 Å². The topological polar surface area (TPSA) is 57.7 Å². The summed E-state index contributed by atoms with van der Waals surface area (Å²) < 4.78 is 7.71. The van der Waals surface area contributed by atoms with Gasteiger partial charge in [-0.25, -0.2) is 0 Å². The largest absolute Gasteiger partial charge is 0.468 e. The van der Waals surface area contributed by atoms with Gasteiger partial charge in [0.2, 0.25) is 0 Å². The van der Waals surface area contributed by atoms with E-state index in [1.54, 1.807) is 13.3 Å². The molecule has 1 atom stereocenters. The summed E-state index contributed by atoms with van der Waals surface area (Å²) in [6.07, 6.45) is 8.43. The molecular formula is C18H27N5O. The maximum Gasteiger partial charge on any atom is 0.191 e. The van der Waals surface area contributed by atoms with E-state index in [2.05, 4.69) is 38.9 Å². The summed E-state index contributed by atoms with van der Waals surface area (Å²) in [5.41, 5.74) is 1.24. The molecular weight excluding hydrogens is 302 g/mol. The van der Waals surface area contributed by atoms with Crippen molar-refractivity contribution >= 4 is 5.96 Å². The molecule has 2 aromatic heterocycles. The lowest BCUT2D eigenvalue weighted by atomic mass is 10.2. The van der Waals surface area contributed by atoms with E-state index in [-0.39, 0.29) is 6.04 Å². The Labute approximate surface area is 143 Å². The van der Waals surface area contributed by atoms with Crippen LogP contribution in [-0.2, 0) is 13.6 Å². The first-order chi connectivity index (χ1) is 11.8. The first kappa shape index (κ1) is 16.6. The van der Waals surface area contributed by atoms with Gasteiger partial charge in [-0.3, -0.25) is 9.89 Å². The lowest BCUT2D eigenvalue weighted by molar-refractivity contribution is 0.215. The van der Waals surface area contributed by atoms with Crippen LogP contribution in [0.15, 0.2) is 46.3 Å². The Morgan fingerprint density at radius 3 is 2.75 bits per heavy atom. The predicted octanol–water partition coefficient (Wildman–Crippen LogP) is 2.12. The zero-order chi connectivity index (χ0) is 16.8. The zero-order valence-corrected chi connectivity index (χ0v) is 14.5. The molecule has 3 rings (SSSR count). The number of guanidine groups is 1. The number of hydrogen-bond donors (Lipinski definition) is 2. The van der Waals surface area contributed by atoms with Gasteiger partial charge in [0, 0.05) is 39.6 Å². The van der Waals surface area contributed by atoms with Crippen LogP contribution in [0.4, 0.5) is 0 Å². The molecule has 24 heavy (non-hydrogen) atoms. The van der Waals surface area contributed by atoms with E-state index in [1.807, 2.05) is 23.9 Å². The molecule has 0 spiro atoms. The average molecular weight is 329 g/mol. The Kier molecular flexibility index (Phi) is 5.59. The van der Waals surface area contributed by atoms with Gasteiger partial charge in [0.05, 0.1) is 12.3 Å². The van der Waals surface area contributed by atoms with Crippen molar-refractivity contribution in [2.24, 2.45) is 12.0 Å². The summed E-state index contributed by atoms with van der Waals surface area (Å²) in [6.45, 7) is 3.80. The number of aryl methyl sites for hydroxylation is 1. The summed E-state index contributed by atoms with van der Waals surface area (Å²) in [5.74, 6) is 1.83. The second-order valence-electron chi connectivity index (χ2n) is 6.27. The van der Waals surface area contributed by atoms with Gasteiger partial charge in [-0.1, -0.05) is 0 Å². The van der Waals surface area contributed by atoms with Crippen LogP contribution in [0.1, 0.15) is 30.2 Å². The van der Waals surface area contributed by atoms with Crippen molar-refractivity contribution < 1.29 is 4.42 Å². The Balaban J connectivity index is 1.56. The fourth-order valence-corrected chi connectivity index (χ4v) is 3.21. The van der Waals surface area contributed by atoms with E-state index in [0.29, 0.717) is 0 Å². The molecule has 2 aromatic rings. The smallest absolute Gasteiger partial charge is 0.191 e. The van der Waals surface area contributed by atoms with Crippen LogP contribution < -0.4 is 10.6 Å². The third-order valence-electron chi connectivity index (χ3n) is 4.49. The van der Waals surface area contributed by atoms with Gasteiger partial charge in [-0.05, 0) is 49.7 Å². The molecule has 1 unspecified atom stereocenters. The maximum absolute atomic E-state index is 5.66. The first-order valence-corrected chi connectivity index (χ1v) is 8.59. The number of rotatable bonds is 6. The minimum absolute atomic E-state index is 0.248. The normalized spacial score (nSPS) is 17.2. The highest BCUT2D eigenvalue weighted by Crippen LogP contribution is 2.24. The van der Waals surface area contributed by atoms with Gasteiger partial charge in [0.1, 0.15) is 5.76 Å². The van der Waals surface area contributed by atoms with Crippen molar-refractivity contribution in [1.82, 2.24) is 20.1 Å². The lowest BCUT2D eigenvalue weighted by Crippen LogP contribution is -2.42. The van der Waals surface area contributed by atoms with Crippen molar-refractivity contribution in [1.29, 1.82) is 0 Å². The molecule has 0 aromatic carbocycles. The molecule has 1 aliphatic rings. The highest BCUT2D eigenvalue weighted by Gasteiger charge is 2.25. The lowest BCUT2D eigenvalue weighted by Gasteiger charge is -2.26. The summed E-state index contributed by atoms with van der Waals surface area (Å²) in [5, 5.41) is 6.81. The highest BCUT2D eigenvalue weighted by atomic mass is 16.3. The van der Waals surface area contributed by atoms with Crippen LogP contribution in [-0.4, -0.2) is 42.1 Å². The van der Waals surface area contributed by atoms with E-state index >= 15 is 0 Å². The molecule has 6 nitrogen and oxygen atoms in total. The van der Waals surface area contributed by atoms with E-state index in [4.69, 9.17) is 4.42 Å². The number of hydrogen-bond acceptors (Lipinski definition) is 3. The van der Waals surface area contributed by atoms with Crippen LogP contribution >= 0.6 is 0 Å². The van der Waals surface area contributed by atoms with Crippen molar-refractivity contribution in [3.63, 3.8) is 0 Å². The van der Waals surface area contributed by atoms with Gasteiger partial charge in [0.25, 0.3) is 0 Å². The second kappa shape index (κ2) is 8.06. The number of nitrogens with zero attached hydrogens (tertiary/aromatic N) is 3. The van der Waals surface area contributed by atoms with Gasteiger partial charge in [-0.2, -0.15) is 0 Å². The zero-order valence-electron chi connectivity index (χ0n) is 14.5.